The van der Waals surface area contributed by atoms with E-state index in [-0.39, 0.29) is 42.6 Å². The van der Waals surface area contributed by atoms with E-state index in [9.17, 15) is 18.0 Å². The standard InChI is InChI=1S/C15H21F3N2O2.ClH/c1-14(2,3)12(19)13(21)20-7-8-22-11-6-4-5-10(9-11)15(16,17)18;/h4-6,9,12H,7-8,19H2,1-3H3,(H,20,21);1H/t12-;/m1./s1. The second-order valence-corrected chi connectivity index (χ2v) is 6.01. The number of hydrogen-bond acceptors (Lipinski definition) is 3. The normalized spacial score (nSPS) is 13.0. The van der Waals surface area contributed by atoms with Crippen LogP contribution in [0.5, 0.6) is 5.75 Å². The van der Waals surface area contributed by atoms with Gasteiger partial charge < -0.3 is 15.8 Å². The van der Waals surface area contributed by atoms with E-state index in [0.29, 0.717) is 0 Å². The van der Waals surface area contributed by atoms with Gasteiger partial charge in [0.15, 0.2) is 0 Å². The van der Waals surface area contributed by atoms with Crippen molar-refractivity contribution in [3.8, 4) is 5.75 Å². The van der Waals surface area contributed by atoms with Crippen LogP contribution in [0.25, 0.3) is 0 Å². The molecular formula is C15H22ClF3N2O2. The lowest BCUT2D eigenvalue weighted by atomic mass is 9.87. The third-order valence-corrected chi connectivity index (χ3v) is 3.05. The summed E-state index contributed by atoms with van der Waals surface area (Å²) >= 11 is 0. The molecule has 0 aliphatic carbocycles. The number of alkyl halides is 3. The molecule has 0 fully saturated rings. The van der Waals surface area contributed by atoms with Gasteiger partial charge in [-0.05, 0) is 23.6 Å². The van der Waals surface area contributed by atoms with Gasteiger partial charge in [-0.2, -0.15) is 13.2 Å². The van der Waals surface area contributed by atoms with Gasteiger partial charge in [0.25, 0.3) is 0 Å². The Morgan fingerprint density at radius 3 is 2.43 bits per heavy atom. The molecular weight excluding hydrogens is 333 g/mol. The summed E-state index contributed by atoms with van der Waals surface area (Å²) in [6.45, 7) is 5.76. The molecule has 0 aliphatic heterocycles. The molecule has 0 radical (unpaired) electrons. The largest absolute Gasteiger partial charge is 0.492 e. The first-order valence-electron chi connectivity index (χ1n) is 6.85. The second kappa shape index (κ2) is 8.40. The highest BCUT2D eigenvalue weighted by Crippen LogP contribution is 2.31. The fourth-order valence-electron chi connectivity index (χ4n) is 1.61. The summed E-state index contributed by atoms with van der Waals surface area (Å²) in [7, 11) is 0. The van der Waals surface area contributed by atoms with E-state index in [4.69, 9.17) is 10.5 Å². The average Bonchev–Trinajstić information content (AvgIpc) is 2.41. The monoisotopic (exact) mass is 354 g/mol. The van der Waals surface area contributed by atoms with Gasteiger partial charge in [0.05, 0.1) is 18.2 Å². The fourth-order valence-corrected chi connectivity index (χ4v) is 1.61. The van der Waals surface area contributed by atoms with Crippen molar-refractivity contribution in [2.24, 2.45) is 11.1 Å². The van der Waals surface area contributed by atoms with Gasteiger partial charge in [-0.3, -0.25) is 4.79 Å². The molecule has 0 saturated heterocycles. The molecule has 1 amide bonds. The smallest absolute Gasteiger partial charge is 0.416 e. The number of rotatable bonds is 5. The topological polar surface area (TPSA) is 64.4 Å². The van der Waals surface area contributed by atoms with Crippen molar-refractivity contribution in [3.63, 3.8) is 0 Å². The first-order chi connectivity index (χ1) is 10.0. The van der Waals surface area contributed by atoms with Crippen molar-refractivity contribution in [2.75, 3.05) is 13.2 Å². The summed E-state index contributed by atoms with van der Waals surface area (Å²) in [6, 6.07) is 3.92. The van der Waals surface area contributed by atoms with Crippen LogP contribution in [-0.4, -0.2) is 25.1 Å². The van der Waals surface area contributed by atoms with Crippen LogP contribution in [0.15, 0.2) is 24.3 Å². The van der Waals surface area contributed by atoms with Crippen molar-refractivity contribution in [3.05, 3.63) is 29.8 Å². The van der Waals surface area contributed by atoms with Crippen molar-refractivity contribution in [1.82, 2.24) is 5.32 Å². The van der Waals surface area contributed by atoms with Crippen molar-refractivity contribution in [1.29, 1.82) is 0 Å². The molecule has 0 saturated carbocycles. The van der Waals surface area contributed by atoms with Crippen LogP contribution in [-0.2, 0) is 11.0 Å². The Morgan fingerprint density at radius 1 is 1.30 bits per heavy atom. The summed E-state index contributed by atoms with van der Waals surface area (Å²) in [6.07, 6.45) is -4.41. The third-order valence-electron chi connectivity index (χ3n) is 3.05. The van der Waals surface area contributed by atoms with Gasteiger partial charge in [-0.15, -0.1) is 12.4 Å². The maximum Gasteiger partial charge on any atom is 0.416 e. The first kappa shape index (κ1) is 21.5. The van der Waals surface area contributed by atoms with Crippen LogP contribution >= 0.6 is 12.4 Å². The highest BCUT2D eigenvalue weighted by molar-refractivity contribution is 5.85. The van der Waals surface area contributed by atoms with Crippen LogP contribution in [0.1, 0.15) is 26.3 Å². The lowest BCUT2D eigenvalue weighted by Crippen LogP contribution is -2.49. The lowest BCUT2D eigenvalue weighted by Gasteiger charge is -2.25. The molecule has 1 atom stereocenters. The Bertz CT molecular complexity index is 516. The Hall–Kier alpha value is -1.47. The number of ether oxygens (including phenoxy) is 1. The Balaban J connectivity index is 0.00000484. The molecule has 1 aromatic rings. The van der Waals surface area contributed by atoms with E-state index < -0.39 is 17.8 Å². The van der Waals surface area contributed by atoms with Crippen molar-refractivity contribution in [2.45, 2.75) is 33.0 Å². The van der Waals surface area contributed by atoms with Crippen molar-refractivity contribution < 1.29 is 22.7 Å². The number of nitrogens with one attached hydrogen (secondary N) is 1. The molecule has 4 nitrogen and oxygen atoms in total. The number of amides is 1. The molecule has 0 spiro atoms. The minimum Gasteiger partial charge on any atom is -0.492 e. The molecule has 8 heteroatoms. The fraction of sp³-hybridized carbons (Fsp3) is 0.533. The number of hydrogen-bond donors (Lipinski definition) is 2. The molecule has 0 aromatic heterocycles. The number of halogens is 4. The van der Waals surface area contributed by atoms with Gasteiger partial charge in [-0.1, -0.05) is 26.8 Å². The van der Waals surface area contributed by atoms with Crippen LogP contribution in [0.4, 0.5) is 13.2 Å². The summed E-state index contributed by atoms with van der Waals surface area (Å²) in [5, 5.41) is 2.59. The average molecular weight is 355 g/mol. The number of carbonyl (C=O) groups is 1. The zero-order valence-electron chi connectivity index (χ0n) is 13.2. The lowest BCUT2D eigenvalue weighted by molar-refractivity contribution is -0.137. The molecule has 3 N–H and O–H groups in total. The van der Waals surface area contributed by atoms with E-state index in [0.717, 1.165) is 12.1 Å². The minimum absolute atomic E-state index is 0. The van der Waals surface area contributed by atoms with Gasteiger partial charge in [0, 0.05) is 0 Å². The SMILES string of the molecule is CC(C)(C)[C@H](N)C(=O)NCCOc1cccc(C(F)(F)F)c1.Cl. The molecule has 0 heterocycles. The summed E-state index contributed by atoms with van der Waals surface area (Å²) in [5.41, 5.74) is 4.63. The van der Waals surface area contributed by atoms with Crippen LogP contribution in [0, 0.1) is 5.41 Å². The van der Waals surface area contributed by atoms with Crippen LogP contribution in [0.2, 0.25) is 0 Å². The Labute approximate surface area is 140 Å². The van der Waals surface area contributed by atoms with E-state index in [1.165, 1.54) is 12.1 Å². The van der Waals surface area contributed by atoms with Crippen LogP contribution < -0.4 is 15.8 Å². The van der Waals surface area contributed by atoms with Gasteiger partial charge in [0.2, 0.25) is 5.91 Å². The molecule has 0 unspecified atom stereocenters. The van der Waals surface area contributed by atoms with Crippen LogP contribution in [0.3, 0.4) is 0 Å². The molecule has 23 heavy (non-hydrogen) atoms. The minimum atomic E-state index is -4.41. The summed E-state index contributed by atoms with van der Waals surface area (Å²) < 4.78 is 42.8. The van der Waals surface area contributed by atoms with Gasteiger partial charge in [0.1, 0.15) is 12.4 Å². The zero-order valence-corrected chi connectivity index (χ0v) is 14.1. The molecule has 132 valence electrons. The maximum atomic E-state index is 12.5. The van der Waals surface area contributed by atoms with Gasteiger partial charge in [-0.25, -0.2) is 0 Å². The van der Waals surface area contributed by atoms with Crippen molar-refractivity contribution >= 4 is 18.3 Å². The summed E-state index contributed by atoms with van der Waals surface area (Å²) in [4.78, 5) is 11.7. The Morgan fingerprint density at radius 2 is 1.91 bits per heavy atom. The summed E-state index contributed by atoms with van der Waals surface area (Å²) in [5.74, 6) is -0.218. The van der Waals surface area contributed by atoms with E-state index in [1.54, 1.807) is 0 Å². The predicted molar refractivity (Wildman–Crippen MR) is 84.6 cm³/mol. The van der Waals surface area contributed by atoms with E-state index in [2.05, 4.69) is 5.32 Å². The maximum absolute atomic E-state index is 12.5. The number of benzene rings is 1. The van der Waals surface area contributed by atoms with Gasteiger partial charge >= 0.3 is 6.18 Å². The van der Waals surface area contributed by atoms with E-state index >= 15 is 0 Å². The highest BCUT2D eigenvalue weighted by Gasteiger charge is 2.30. The molecule has 0 aliphatic rings. The number of nitrogens with two attached hydrogens (primary N) is 1. The van der Waals surface area contributed by atoms with E-state index in [1.807, 2.05) is 20.8 Å². The zero-order chi connectivity index (χ0) is 17.0. The first-order valence-corrected chi connectivity index (χ1v) is 6.85. The molecule has 1 aromatic carbocycles. The highest BCUT2D eigenvalue weighted by atomic mass is 35.5. The quantitative estimate of drug-likeness (QED) is 0.799. The predicted octanol–water partition coefficient (Wildman–Crippen LogP) is 3.00. The third kappa shape index (κ3) is 7.09. The molecule has 1 rings (SSSR count). The molecule has 0 bridgehead atoms. The Kier molecular flexibility index (Phi) is 7.86. The second-order valence-electron chi connectivity index (χ2n) is 6.01. The number of carbonyl (C=O) groups excluding carboxylic acids is 1.